The van der Waals surface area contributed by atoms with Gasteiger partial charge in [0.15, 0.2) is 0 Å². The fourth-order valence-corrected chi connectivity index (χ4v) is 2.50. The zero-order valence-electron chi connectivity index (χ0n) is 11.4. The number of hydrogen-bond donors (Lipinski definition) is 1. The van der Waals surface area contributed by atoms with E-state index in [4.69, 9.17) is 15.2 Å². The molecule has 0 aliphatic carbocycles. The highest BCUT2D eigenvalue weighted by atomic mass is 16.5. The predicted molar refractivity (Wildman–Crippen MR) is 75.8 cm³/mol. The van der Waals surface area contributed by atoms with Crippen molar-refractivity contribution in [1.82, 2.24) is 9.97 Å². The third-order valence-electron chi connectivity index (χ3n) is 3.50. The van der Waals surface area contributed by atoms with Gasteiger partial charge in [-0.2, -0.15) is 0 Å². The number of rotatable bonds is 3. The van der Waals surface area contributed by atoms with Crippen LogP contribution in [0.3, 0.4) is 0 Å². The van der Waals surface area contributed by atoms with E-state index in [0.29, 0.717) is 18.3 Å². The average Bonchev–Trinajstić information content (AvgIpc) is 2.47. The smallest absolute Gasteiger partial charge is 0.126 e. The molecule has 0 fully saturated rings. The minimum Gasteiger partial charge on any atom is -0.497 e. The first-order chi connectivity index (χ1) is 9.74. The maximum absolute atomic E-state index is 5.83. The molecule has 2 heterocycles. The van der Waals surface area contributed by atoms with Gasteiger partial charge in [-0.15, -0.1) is 0 Å². The third-order valence-corrected chi connectivity index (χ3v) is 3.50. The first-order valence-electron chi connectivity index (χ1n) is 6.60. The summed E-state index contributed by atoms with van der Waals surface area (Å²) in [5.74, 6) is 2.66. The molecule has 1 aromatic heterocycles. The van der Waals surface area contributed by atoms with Crippen molar-refractivity contribution in [3.05, 3.63) is 41.9 Å². The molecule has 0 unspecified atom stereocenters. The number of nitrogens with zero attached hydrogens (tertiary/aromatic N) is 2. The molecule has 2 aromatic rings. The van der Waals surface area contributed by atoms with Crippen LogP contribution >= 0.6 is 0 Å². The number of anilines is 1. The molecule has 5 nitrogen and oxygen atoms in total. The summed E-state index contributed by atoms with van der Waals surface area (Å²) < 4.78 is 11.0. The van der Waals surface area contributed by atoms with Crippen LogP contribution in [0.4, 0.5) is 5.82 Å². The third kappa shape index (κ3) is 2.66. The maximum Gasteiger partial charge on any atom is 0.126 e. The Balaban J connectivity index is 1.72. The van der Waals surface area contributed by atoms with Gasteiger partial charge in [0.05, 0.1) is 13.7 Å². The van der Waals surface area contributed by atoms with Crippen molar-refractivity contribution in [1.29, 1.82) is 0 Å². The fourth-order valence-electron chi connectivity index (χ4n) is 2.50. The van der Waals surface area contributed by atoms with Gasteiger partial charge < -0.3 is 15.2 Å². The van der Waals surface area contributed by atoms with Crippen molar-refractivity contribution in [3.8, 4) is 11.5 Å². The summed E-state index contributed by atoms with van der Waals surface area (Å²) in [6.07, 6.45) is 3.33. The second-order valence-corrected chi connectivity index (χ2v) is 4.99. The quantitative estimate of drug-likeness (QED) is 0.922. The van der Waals surface area contributed by atoms with E-state index < -0.39 is 0 Å². The highest BCUT2D eigenvalue weighted by molar-refractivity contribution is 5.42. The number of hydrogen-bond acceptors (Lipinski definition) is 5. The van der Waals surface area contributed by atoms with Crippen molar-refractivity contribution in [2.75, 3.05) is 19.5 Å². The molecule has 1 aliphatic rings. The average molecular weight is 271 g/mol. The Hall–Kier alpha value is -2.30. The normalized spacial score (nSPS) is 17.1. The van der Waals surface area contributed by atoms with E-state index in [1.165, 1.54) is 11.9 Å². The van der Waals surface area contributed by atoms with Gasteiger partial charge in [0.1, 0.15) is 23.6 Å². The first-order valence-corrected chi connectivity index (χ1v) is 6.60. The monoisotopic (exact) mass is 271 g/mol. The van der Waals surface area contributed by atoms with Gasteiger partial charge in [-0.1, -0.05) is 6.07 Å². The Bertz CT molecular complexity index is 616. The number of ether oxygens (including phenoxy) is 2. The van der Waals surface area contributed by atoms with Crippen LogP contribution in [0.25, 0.3) is 0 Å². The highest BCUT2D eigenvalue weighted by Gasteiger charge is 2.21. The van der Waals surface area contributed by atoms with E-state index in [1.54, 1.807) is 7.11 Å². The van der Waals surface area contributed by atoms with Crippen LogP contribution < -0.4 is 15.2 Å². The Morgan fingerprint density at radius 2 is 2.25 bits per heavy atom. The molecule has 3 rings (SSSR count). The molecule has 0 amide bonds. The molecule has 0 radical (unpaired) electrons. The van der Waals surface area contributed by atoms with Gasteiger partial charge in [0.2, 0.25) is 0 Å². The zero-order valence-corrected chi connectivity index (χ0v) is 11.4. The van der Waals surface area contributed by atoms with Gasteiger partial charge in [-0.3, -0.25) is 0 Å². The Labute approximate surface area is 117 Å². The summed E-state index contributed by atoms with van der Waals surface area (Å²) in [6.45, 7) is 0.685. The minimum absolute atomic E-state index is 0.408. The molecule has 1 aromatic carbocycles. The molecule has 1 aliphatic heterocycles. The molecule has 0 saturated heterocycles. The Morgan fingerprint density at radius 3 is 3.05 bits per heavy atom. The Kier molecular flexibility index (Phi) is 3.41. The summed E-state index contributed by atoms with van der Waals surface area (Å²) in [5, 5.41) is 0. The second-order valence-electron chi connectivity index (χ2n) is 4.99. The number of aromatic nitrogens is 2. The van der Waals surface area contributed by atoms with Crippen LogP contribution in [0.5, 0.6) is 11.5 Å². The summed E-state index contributed by atoms with van der Waals surface area (Å²) >= 11 is 0. The summed E-state index contributed by atoms with van der Waals surface area (Å²) in [6, 6.07) is 7.79. The number of nitrogens with two attached hydrogens (primary N) is 1. The lowest BCUT2D eigenvalue weighted by molar-refractivity contribution is 0.219. The van der Waals surface area contributed by atoms with E-state index >= 15 is 0 Å². The molecule has 5 heteroatoms. The SMILES string of the molecule is COc1ccc2c(c1)OC[C@H](Cc1cc(N)ncn1)C2. The van der Waals surface area contributed by atoms with Crippen LogP contribution in [0.2, 0.25) is 0 Å². The van der Waals surface area contributed by atoms with Crippen molar-refractivity contribution in [2.24, 2.45) is 5.92 Å². The van der Waals surface area contributed by atoms with Gasteiger partial charge in [0, 0.05) is 23.7 Å². The first kappa shape index (κ1) is 12.7. The summed E-state index contributed by atoms with van der Waals surface area (Å²) in [5.41, 5.74) is 7.85. The van der Waals surface area contributed by atoms with E-state index in [2.05, 4.69) is 16.0 Å². The zero-order chi connectivity index (χ0) is 13.9. The van der Waals surface area contributed by atoms with Gasteiger partial charge in [-0.05, 0) is 24.5 Å². The molecule has 0 bridgehead atoms. The lowest BCUT2D eigenvalue weighted by atomic mass is 9.92. The van der Waals surface area contributed by atoms with Crippen LogP contribution in [-0.2, 0) is 12.8 Å². The van der Waals surface area contributed by atoms with Crippen LogP contribution in [-0.4, -0.2) is 23.7 Å². The maximum atomic E-state index is 5.83. The van der Waals surface area contributed by atoms with Gasteiger partial charge in [-0.25, -0.2) is 9.97 Å². The largest absolute Gasteiger partial charge is 0.497 e. The van der Waals surface area contributed by atoms with E-state index in [0.717, 1.165) is 30.0 Å². The molecule has 1 atom stereocenters. The molecule has 104 valence electrons. The number of nitrogen functional groups attached to an aromatic ring is 1. The van der Waals surface area contributed by atoms with E-state index in [9.17, 15) is 0 Å². The van der Waals surface area contributed by atoms with Crippen molar-refractivity contribution < 1.29 is 9.47 Å². The van der Waals surface area contributed by atoms with E-state index in [-0.39, 0.29) is 0 Å². The van der Waals surface area contributed by atoms with Crippen molar-refractivity contribution in [2.45, 2.75) is 12.8 Å². The minimum atomic E-state index is 0.408. The molecule has 0 spiro atoms. The van der Waals surface area contributed by atoms with Crippen LogP contribution in [0.1, 0.15) is 11.3 Å². The van der Waals surface area contributed by atoms with Crippen molar-refractivity contribution in [3.63, 3.8) is 0 Å². The molecular weight excluding hydrogens is 254 g/mol. The lowest BCUT2D eigenvalue weighted by Gasteiger charge is -2.25. The topological polar surface area (TPSA) is 70.3 Å². The molecular formula is C15H17N3O2. The summed E-state index contributed by atoms with van der Waals surface area (Å²) in [7, 11) is 1.66. The van der Waals surface area contributed by atoms with Crippen LogP contribution in [0.15, 0.2) is 30.6 Å². The van der Waals surface area contributed by atoms with Gasteiger partial charge >= 0.3 is 0 Å². The standard InChI is InChI=1S/C15H17N3O2/c1-19-13-3-2-11-4-10(8-20-14(11)7-13)5-12-6-15(16)18-9-17-12/h2-3,6-7,9-10H,4-5,8H2,1H3,(H2,16,17,18)/t10-/m0/s1. The second kappa shape index (κ2) is 5.36. The van der Waals surface area contributed by atoms with Crippen LogP contribution in [0, 0.1) is 5.92 Å². The highest BCUT2D eigenvalue weighted by Crippen LogP contribution is 2.31. The lowest BCUT2D eigenvalue weighted by Crippen LogP contribution is -2.23. The van der Waals surface area contributed by atoms with Crippen molar-refractivity contribution >= 4 is 5.82 Å². The predicted octanol–water partition coefficient (Wildman–Crippen LogP) is 1.86. The number of fused-ring (bicyclic) bond motifs is 1. The molecule has 2 N–H and O–H groups in total. The molecule has 0 saturated carbocycles. The summed E-state index contributed by atoms with van der Waals surface area (Å²) in [4.78, 5) is 8.16. The number of methoxy groups -OCH3 is 1. The molecule has 20 heavy (non-hydrogen) atoms. The van der Waals surface area contributed by atoms with Gasteiger partial charge in [0.25, 0.3) is 0 Å². The Morgan fingerprint density at radius 1 is 1.35 bits per heavy atom. The van der Waals surface area contributed by atoms with E-state index in [1.807, 2.05) is 18.2 Å². The number of benzene rings is 1. The fraction of sp³-hybridized carbons (Fsp3) is 0.333.